The van der Waals surface area contributed by atoms with E-state index in [-0.39, 0.29) is 26.4 Å². The van der Waals surface area contributed by atoms with Crippen LogP contribution in [0, 0.1) is 5.82 Å². The molecular formula is C38H30Cl4FN3O7S2. The molecule has 1 aliphatic heterocycles. The third kappa shape index (κ3) is 8.28. The number of amides is 1. The number of rotatable bonds is 12. The highest BCUT2D eigenvalue weighted by molar-refractivity contribution is 7.93. The van der Waals surface area contributed by atoms with Crippen LogP contribution in [0.15, 0.2) is 125 Å². The van der Waals surface area contributed by atoms with Gasteiger partial charge in [0.05, 0.1) is 27.5 Å². The summed E-state index contributed by atoms with van der Waals surface area (Å²) in [5.41, 5.74) is 0.172. The first kappa shape index (κ1) is 40.3. The summed E-state index contributed by atoms with van der Waals surface area (Å²) >= 11 is 25.4. The third-order valence-corrected chi connectivity index (χ3v) is 14.1. The Morgan fingerprint density at radius 3 is 1.93 bits per heavy atom. The van der Waals surface area contributed by atoms with Gasteiger partial charge in [0.25, 0.3) is 20.0 Å². The van der Waals surface area contributed by atoms with Gasteiger partial charge in [0, 0.05) is 22.2 Å². The van der Waals surface area contributed by atoms with Crippen molar-refractivity contribution in [3.63, 3.8) is 0 Å². The number of aliphatic carboxylic acids is 1. The number of hydrogen-bond acceptors (Lipinski definition) is 6. The second kappa shape index (κ2) is 16.4. The number of carboxylic acid groups (broad SMARTS) is 1. The van der Waals surface area contributed by atoms with Crippen LogP contribution < -0.4 is 8.61 Å². The van der Waals surface area contributed by atoms with E-state index in [2.05, 4.69) is 0 Å². The van der Waals surface area contributed by atoms with Crippen molar-refractivity contribution in [1.29, 1.82) is 0 Å². The van der Waals surface area contributed by atoms with Gasteiger partial charge >= 0.3 is 5.97 Å². The van der Waals surface area contributed by atoms with Crippen molar-refractivity contribution in [1.82, 2.24) is 4.90 Å². The lowest BCUT2D eigenvalue weighted by Gasteiger charge is -2.32. The summed E-state index contributed by atoms with van der Waals surface area (Å²) in [4.78, 5) is 27.8. The van der Waals surface area contributed by atoms with Crippen LogP contribution in [0.3, 0.4) is 0 Å². The van der Waals surface area contributed by atoms with Gasteiger partial charge in [-0.3, -0.25) is 9.10 Å². The topological polar surface area (TPSA) is 132 Å². The average molecular weight is 866 g/mol. The van der Waals surface area contributed by atoms with Crippen LogP contribution in [0.25, 0.3) is 0 Å². The second-order valence-electron chi connectivity index (χ2n) is 12.4. The molecule has 0 saturated carbocycles. The molecule has 0 aromatic heterocycles. The number of hydrogen-bond donors (Lipinski definition) is 1. The van der Waals surface area contributed by atoms with Gasteiger partial charge < -0.3 is 10.0 Å². The van der Waals surface area contributed by atoms with E-state index < -0.39 is 76.7 Å². The molecule has 10 nitrogen and oxygen atoms in total. The highest BCUT2D eigenvalue weighted by Crippen LogP contribution is 2.41. The van der Waals surface area contributed by atoms with Crippen molar-refractivity contribution in [2.45, 2.75) is 34.7 Å². The zero-order chi connectivity index (χ0) is 39.7. The molecule has 286 valence electrons. The Morgan fingerprint density at radius 2 is 1.33 bits per heavy atom. The fraction of sp³-hybridized carbons (Fsp3) is 0.158. The van der Waals surface area contributed by atoms with Crippen molar-refractivity contribution in [2.24, 2.45) is 0 Å². The van der Waals surface area contributed by atoms with Gasteiger partial charge in [-0.05, 0) is 97.3 Å². The van der Waals surface area contributed by atoms with Crippen molar-refractivity contribution >= 4 is 89.7 Å². The van der Waals surface area contributed by atoms with Gasteiger partial charge in [-0.25, -0.2) is 30.3 Å². The lowest BCUT2D eigenvalue weighted by Crippen LogP contribution is -2.43. The van der Waals surface area contributed by atoms with Crippen molar-refractivity contribution in [3.05, 3.63) is 152 Å². The molecule has 0 aliphatic carbocycles. The summed E-state index contributed by atoms with van der Waals surface area (Å²) in [6.45, 7) is -0.394. The summed E-state index contributed by atoms with van der Waals surface area (Å²) in [6, 6.07) is 23.0. The van der Waals surface area contributed by atoms with Crippen LogP contribution in [0.4, 0.5) is 15.8 Å². The highest BCUT2D eigenvalue weighted by atomic mass is 35.5. The molecule has 2 unspecified atom stereocenters. The smallest absolute Gasteiger partial charge is 0.332 e. The van der Waals surface area contributed by atoms with E-state index in [4.69, 9.17) is 46.4 Å². The maximum absolute atomic E-state index is 14.7. The molecule has 1 fully saturated rings. The minimum atomic E-state index is -4.82. The van der Waals surface area contributed by atoms with Crippen LogP contribution in [0.1, 0.15) is 36.1 Å². The minimum absolute atomic E-state index is 0.0376. The normalized spacial score (nSPS) is 15.1. The SMILES string of the molecule is O=C(O)C(c1cccc(S(=O)(=O)N(CC(=O)N2CCCC2c2ccc(F)cc2)c2ccc(Cl)cc2)c1Cl)N(c1ccc(Cl)cc1)S(=O)(=O)c1ccccc1Cl. The molecular weight excluding hydrogens is 835 g/mol. The Bertz CT molecular complexity index is 2460. The number of carboxylic acids is 1. The van der Waals surface area contributed by atoms with Crippen LogP contribution >= 0.6 is 46.4 Å². The number of nitrogens with zero attached hydrogens (tertiary/aromatic N) is 3. The number of halogens is 5. The van der Waals surface area contributed by atoms with Gasteiger partial charge in [-0.1, -0.05) is 82.8 Å². The lowest BCUT2D eigenvalue weighted by molar-refractivity contribution is -0.138. The van der Waals surface area contributed by atoms with Crippen LogP contribution in [-0.2, 0) is 29.6 Å². The third-order valence-electron chi connectivity index (χ3n) is 9.00. The number of likely N-dealkylation sites (tertiary alicyclic amines) is 1. The molecule has 1 amide bonds. The van der Waals surface area contributed by atoms with Crippen LogP contribution in [-0.4, -0.2) is 51.8 Å². The van der Waals surface area contributed by atoms with Crippen molar-refractivity contribution < 1.29 is 35.9 Å². The molecule has 1 heterocycles. The van der Waals surface area contributed by atoms with Crippen LogP contribution in [0.5, 0.6) is 0 Å². The molecule has 5 aromatic rings. The second-order valence-corrected chi connectivity index (χ2v) is 17.7. The average Bonchev–Trinajstić information content (AvgIpc) is 3.64. The Balaban J connectivity index is 1.46. The number of carbonyl (C=O) groups excluding carboxylic acids is 1. The maximum Gasteiger partial charge on any atom is 0.332 e. The van der Waals surface area contributed by atoms with E-state index in [1.54, 1.807) is 12.1 Å². The Labute approximate surface area is 337 Å². The van der Waals surface area contributed by atoms with Crippen molar-refractivity contribution in [3.8, 4) is 0 Å². The number of benzene rings is 5. The molecule has 55 heavy (non-hydrogen) atoms. The molecule has 1 N–H and O–H groups in total. The molecule has 1 aliphatic rings. The van der Waals surface area contributed by atoms with E-state index in [0.29, 0.717) is 29.3 Å². The van der Waals surface area contributed by atoms with Gasteiger partial charge in [0.2, 0.25) is 5.91 Å². The maximum atomic E-state index is 14.7. The molecule has 2 atom stereocenters. The first-order valence-electron chi connectivity index (χ1n) is 16.5. The number of anilines is 2. The van der Waals surface area contributed by atoms with E-state index >= 15 is 0 Å². The first-order chi connectivity index (χ1) is 26.1. The molecule has 1 saturated heterocycles. The minimum Gasteiger partial charge on any atom is -0.479 e. The summed E-state index contributed by atoms with van der Waals surface area (Å²) in [5.74, 6) is -2.71. The monoisotopic (exact) mass is 863 g/mol. The van der Waals surface area contributed by atoms with E-state index in [1.807, 2.05) is 0 Å². The predicted molar refractivity (Wildman–Crippen MR) is 210 cm³/mol. The summed E-state index contributed by atoms with van der Waals surface area (Å²) in [5, 5.41) is 10.4. The van der Waals surface area contributed by atoms with Gasteiger partial charge in [-0.15, -0.1) is 0 Å². The lowest BCUT2D eigenvalue weighted by atomic mass is 10.0. The quantitative estimate of drug-likeness (QED) is 0.132. The van der Waals surface area contributed by atoms with Gasteiger partial charge in [0.1, 0.15) is 22.2 Å². The fourth-order valence-electron chi connectivity index (χ4n) is 6.42. The van der Waals surface area contributed by atoms with Crippen molar-refractivity contribution in [2.75, 3.05) is 21.7 Å². The largest absolute Gasteiger partial charge is 0.479 e. The Kier molecular flexibility index (Phi) is 12.0. The Hall–Kier alpha value is -4.37. The molecule has 0 spiro atoms. The first-order valence-corrected chi connectivity index (χ1v) is 20.9. The molecule has 17 heteroatoms. The van der Waals surface area contributed by atoms with Crippen LogP contribution in [0.2, 0.25) is 20.1 Å². The highest BCUT2D eigenvalue weighted by Gasteiger charge is 2.42. The van der Waals surface area contributed by atoms with E-state index in [1.165, 1.54) is 102 Å². The number of sulfonamides is 2. The summed E-state index contributed by atoms with van der Waals surface area (Å²) in [6.07, 6.45) is 1.18. The molecule has 0 radical (unpaired) electrons. The Morgan fingerprint density at radius 1 is 0.745 bits per heavy atom. The predicted octanol–water partition coefficient (Wildman–Crippen LogP) is 9.02. The standard InChI is InChI=1S/C38H30Cl4FN3O7S2/c39-25-12-18-28(19-13-25)45(23-35(47)44-22-4-7-32(44)24-10-16-27(43)17-11-24)54(50,51)34-9-3-5-30(36(34)42)37(38(48)49)46(29-20-14-26(40)15-21-29)55(52,53)33-8-2-1-6-31(33)41/h1-3,5-6,8-21,32,37H,4,7,22-23H2,(H,48,49). The molecule has 5 aromatic carbocycles. The van der Waals surface area contributed by atoms with Gasteiger partial charge in [0.15, 0.2) is 6.04 Å². The van der Waals surface area contributed by atoms with Gasteiger partial charge in [-0.2, -0.15) is 0 Å². The van der Waals surface area contributed by atoms with E-state index in [0.717, 1.165) is 10.4 Å². The number of carbonyl (C=O) groups is 2. The zero-order valence-corrected chi connectivity index (χ0v) is 33.1. The van der Waals surface area contributed by atoms with E-state index in [9.17, 15) is 35.9 Å². The molecule has 6 rings (SSSR count). The fourth-order valence-corrected chi connectivity index (χ4v) is 10.8. The molecule has 0 bridgehead atoms. The summed E-state index contributed by atoms with van der Waals surface area (Å²) in [7, 11) is -9.62. The zero-order valence-electron chi connectivity index (χ0n) is 28.4. The summed E-state index contributed by atoms with van der Waals surface area (Å²) < 4.78 is 73.3.